The van der Waals surface area contributed by atoms with Crippen molar-refractivity contribution in [2.45, 2.75) is 12.8 Å². The van der Waals surface area contributed by atoms with Crippen LogP contribution in [0, 0.1) is 11.6 Å². The molecule has 28 heavy (non-hydrogen) atoms. The van der Waals surface area contributed by atoms with E-state index in [9.17, 15) is 13.6 Å². The molecule has 0 saturated heterocycles. The van der Waals surface area contributed by atoms with Crippen LogP contribution in [0.5, 0.6) is 5.75 Å². The summed E-state index contributed by atoms with van der Waals surface area (Å²) in [7, 11) is 1.70. The Morgan fingerprint density at radius 1 is 1.18 bits per heavy atom. The maximum atomic E-state index is 13.8. The largest absolute Gasteiger partial charge is 0.492 e. The summed E-state index contributed by atoms with van der Waals surface area (Å²) in [5, 5.41) is 0. The molecule has 3 aromatic rings. The van der Waals surface area contributed by atoms with Gasteiger partial charge in [0, 0.05) is 26.0 Å². The first-order valence-corrected chi connectivity index (χ1v) is 8.85. The first-order chi connectivity index (χ1) is 13.5. The van der Waals surface area contributed by atoms with Crippen molar-refractivity contribution >= 4 is 5.91 Å². The number of halogens is 2. The molecule has 146 valence electrons. The van der Waals surface area contributed by atoms with Gasteiger partial charge in [-0.25, -0.2) is 13.8 Å². The van der Waals surface area contributed by atoms with Gasteiger partial charge in [0.1, 0.15) is 24.0 Å². The summed E-state index contributed by atoms with van der Waals surface area (Å²) < 4.78 is 37.9. The van der Waals surface area contributed by atoms with Crippen molar-refractivity contribution in [3.63, 3.8) is 0 Å². The molecule has 3 rings (SSSR count). The molecule has 0 aliphatic heterocycles. The van der Waals surface area contributed by atoms with Crippen molar-refractivity contribution in [3.05, 3.63) is 72.3 Å². The minimum atomic E-state index is -0.725. The average molecular weight is 386 g/mol. The zero-order chi connectivity index (χ0) is 19.9. The maximum absolute atomic E-state index is 13.8. The summed E-state index contributed by atoms with van der Waals surface area (Å²) in [5.74, 6) is -0.193. The number of oxazole rings is 1. The monoisotopic (exact) mass is 386 g/mol. The number of likely N-dealkylation sites (N-methyl/N-ethyl adjacent to an activating group) is 1. The van der Waals surface area contributed by atoms with Crippen molar-refractivity contribution in [2.75, 3.05) is 20.2 Å². The Bertz CT molecular complexity index is 928. The second-order valence-corrected chi connectivity index (χ2v) is 6.22. The summed E-state index contributed by atoms with van der Waals surface area (Å²) in [4.78, 5) is 17.9. The molecular weight excluding hydrogens is 366 g/mol. The summed E-state index contributed by atoms with van der Waals surface area (Å²) in [5.41, 5.74) is 0.127. The molecule has 0 aliphatic rings. The number of aromatic nitrogens is 1. The standard InChI is InChI=1S/C21H20F2N2O3/c1-25(11-12-27-16-5-3-2-4-6-16)21(26)10-9-20-24-14-19(28-20)17-8-7-15(22)13-18(17)23/h2-8,13-14H,9-12H2,1H3. The van der Waals surface area contributed by atoms with Gasteiger partial charge in [-0.05, 0) is 24.3 Å². The van der Waals surface area contributed by atoms with Crippen LogP contribution in [0.3, 0.4) is 0 Å². The second-order valence-electron chi connectivity index (χ2n) is 6.22. The third kappa shape index (κ3) is 5.16. The number of carbonyl (C=O) groups excluding carboxylic acids is 1. The topological polar surface area (TPSA) is 55.6 Å². The van der Waals surface area contributed by atoms with Crippen LogP contribution < -0.4 is 4.74 Å². The molecule has 0 aliphatic carbocycles. The zero-order valence-corrected chi connectivity index (χ0v) is 15.4. The fraction of sp³-hybridized carbons (Fsp3) is 0.238. The van der Waals surface area contributed by atoms with Crippen LogP contribution >= 0.6 is 0 Å². The van der Waals surface area contributed by atoms with Gasteiger partial charge in [-0.3, -0.25) is 4.79 Å². The van der Waals surface area contributed by atoms with Gasteiger partial charge in [0.2, 0.25) is 5.91 Å². The lowest BCUT2D eigenvalue weighted by molar-refractivity contribution is -0.130. The third-order valence-corrected chi connectivity index (χ3v) is 4.17. The van der Waals surface area contributed by atoms with Crippen molar-refractivity contribution in [1.29, 1.82) is 0 Å². The van der Waals surface area contributed by atoms with E-state index >= 15 is 0 Å². The SMILES string of the molecule is CN(CCOc1ccccc1)C(=O)CCc1ncc(-c2ccc(F)cc2F)o1. The molecule has 2 aromatic carbocycles. The number of para-hydroxylation sites is 1. The summed E-state index contributed by atoms with van der Waals surface area (Å²) >= 11 is 0. The van der Waals surface area contributed by atoms with E-state index in [4.69, 9.17) is 9.15 Å². The normalized spacial score (nSPS) is 10.7. The highest BCUT2D eigenvalue weighted by Crippen LogP contribution is 2.24. The number of rotatable bonds is 8. The van der Waals surface area contributed by atoms with Gasteiger partial charge < -0.3 is 14.1 Å². The van der Waals surface area contributed by atoms with Gasteiger partial charge in [0.05, 0.1) is 18.3 Å². The smallest absolute Gasteiger partial charge is 0.222 e. The lowest BCUT2D eigenvalue weighted by atomic mass is 10.2. The van der Waals surface area contributed by atoms with Gasteiger partial charge in [-0.1, -0.05) is 18.2 Å². The molecular formula is C21H20F2N2O3. The molecule has 1 heterocycles. The number of carbonyl (C=O) groups is 1. The van der Waals surface area contributed by atoms with Crippen molar-refractivity contribution in [3.8, 4) is 17.1 Å². The van der Waals surface area contributed by atoms with E-state index in [2.05, 4.69) is 4.98 Å². The molecule has 7 heteroatoms. The Balaban J connectivity index is 1.47. The van der Waals surface area contributed by atoms with Crippen LogP contribution in [-0.4, -0.2) is 36.0 Å². The minimum absolute atomic E-state index is 0.0793. The number of ether oxygens (including phenoxy) is 1. The second kappa shape index (κ2) is 9.12. The van der Waals surface area contributed by atoms with Crippen LogP contribution in [0.4, 0.5) is 8.78 Å². The van der Waals surface area contributed by atoms with Gasteiger partial charge in [-0.2, -0.15) is 0 Å². The molecule has 0 fully saturated rings. The predicted octanol–water partition coefficient (Wildman–Crippen LogP) is 4.09. The van der Waals surface area contributed by atoms with Gasteiger partial charge in [0.25, 0.3) is 0 Å². The Hall–Kier alpha value is -3.22. The van der Waals surface area contributed by atoms with Gasteiger partial charge in [-0.15, -0.1) is 0 Å². The quantitative estimate of drug-likeness (QED) is 0.585. The van der Waals surface area contributed by atoms with Crippen LogP contribution in [0.25, 0.3) is 11.3 Å². The molecule has 0 N–H and O–H groups in total. The van der Waals surface area contributed by atoms with Crippen LogP contribution in [0.1, 0.15) is 12.3 Å². The number of amides is 1. The fourth-order valence-corrected chi connectivity index (χ4v) is 2.59. The lowest BCUT2D eigenvalue weighted by Crippen LogP contribution is -2.31. The molecule has 0 spiro atoms. The minimum Gasteiger partial charge on any atom is -0.492 e. The number of aryl methyl sites for hydroxylation is 1. The van der Waals surface area contributed by atoms with Crippen LogP contribution in [0.15, 0.2) is 59.1 Å². The van der Waals surface area contributed by atoms with E-state index in [1.807, 2.05) is 30.3 Å². The Labute approximate surface area is 161 Å². The van der Waals surface area contributed by atoms with Crippen LogP contribution in [-0.2, 0) is 11.2 Å². The summed E-state index contributed by atoms with van der Waals surface area (Å²) in [6.07, 6.45) is 1.85. The zero-order valence-electron chi connectivity index (χ0n) is 15.4. The molecule has 0 atom stereocenters. The predicted molar refractivity (Wildman–Crippen MR) is 99.8 cm³/mol. The Kier molecular flexibility index (Phi) is 6.37. The fourth-order valence-electron chi connectivity index (χ4n) is 2.59. The molecule has 1 amide bonds. The van der Waals surface area contributed by atoms with Crippen LogP contribution in [0.2, 0.25) is 0 Å². The highest BCUT2D eigenvalue weighted by atomic mass is 19.1. The Morgan fingerprint density at radius 2 is 1.96 bits per heavy atom. The van der Waals surface area contributed by atoms with E-state index in [0.717, 1.165) is 17.9 Å². The lowest BCUT2D eigenvalue weighted by Gasteiger charge is -2.17. The van der Waals surface area contributed by atoms with Crippen molar-refractivity contribution in [1.82, 2.24) is 9.88 Å². The first kappa shape index (κ1) is 19.5. The highest BCUT2D eigenvalue weighted by Gasteiger charge is 2.14. The maximum Gasteiger partial charge on any atom is 0.222 e. The molecule has 5 nitrogen and oxygen atoms in total. The Morgan fingerprint density at radius 3 is 2.71 bits per heavy atom. The van der Waals surface area contributed by atoms with Crippen molar-refractivity contribution < 1.29 is 22.7 Å². The van der Waals surface area contributed by atoms with E-state index in [-0.39, 0.29) is 30.1 Å². The number of nitrogens with zero attached hydrogens (tertiary/aromatic N) is 2. The summed E-state index contributed by atoms with van der Waals surface area (Å²) in [6.45, 7) is 0.838. The molecule has 0 bridgehead atoms. The third-order valence-electron chi connectivity index (χ3n) is 4.17. The number of benzene rings is 2. The van der Waals surface area contributed by atoms with Gasteiger partial charge in [0.15, 0.2) is 11.7 Å². The number of hydrogen-bond donors (Lipinski definition) is 0. The number of hydrogen-bond acceptors (Lipinski definition) is 4. The molecule has 0 unspecified atom stereocenters. The van der Waals surface area contributed by atoms with E-state index < -0.39 is 11.6 Å². The van der Waals surface area contributed by atoms with Crippen molar-refractivity contribution in [2.24, 2.45) is 0 Å². The summed E-state index contributed by atoms with van der Waals surface area (Å²) in [6, 6.07) is 12.6. The molecule has 0 radical (unpaired) electrons. The van der Waals surface area contributed by atoms with E-state index in [0.29, 0.717) is 19.0 Å². The molecule has 1 aromatic heterocycles. The first-order valence-electron chi connectivity index (χ1n) is 8.85. The average Bonchev–Trinajstić information content (AvgIpc) is 3.15. The highest BCUT2D eigenvalue weighted by molar-refractivity contribution is 5.76. The molecule has 0 saturated carbocycles. The van der Waals surface area contributed by atoms with E-state index in [1.165, 1.54) is 12.3 Å². The van der Waals surface area contributed by atoms with Gasteiger partial charge >= 0.3 is 0 Å². The van der Waals surface area contributed by atoms with E-state index in [1.54, 1.807) is 11.9 Å².